The SMILES string of the molecule is Fc1ccc(N2CCN(CC(F)(F)C(F)F)CC2)cn1. The molecule has 112 valence electrons. The highest BCUT2D eigenvalue weighted by Gasteiger charge is 2.42. The van der Waals surface area contributed by atoms with Crippen molar-refractivity contribution in [1.29, 1.82) is 0 Å². The Morgan fingerprint density at radius 2 is 1.80 bits per heavy atom. The van der Waals surface area contributed by atoms with Gasteiger partial charge in [-0.3, -0.25) is 4.90 Å². The lowest BCUT2D eigenvalue weighted by atomic mass is 10.2. The number of halogens is 5. The van der Waals surface area contributed by atoms with Gasteiger partial charge in [0.2, 0.25) is 5.95 Å². The number of piperazine rings is 1. The van der Waals surface area contributed by atoms with E-state index in [9.17, 15) is 22.0 Å². The van der Waals surface area contributed by atoms with Crippen molar-refractivity contribution >= 4 is 5.69 Å². The Balaban J connectivity index is 1.88. The van der Waals surface area contributed by atoms with E-state index in [-0.39, 0.29) is 13.1 Å². The fourth-order valence-corrected chi connectivity index (χ4v) is 2.09. The monoisotopic (exact) mass is 295 g/mol. The van der Waals surface area contributed by atoms with Crippen LogP contribution in [-0.4, -0.2) is 55.0 Å². The number of hydrogen-bond acceptors (Lipinski definition) is 3. The minimum Gasteiger partial charge on any atom is -0.368 e. The van der Waals surface area contributed by atoms with Gasteiger partial charge < -0.3 is 4.90 Å². The predicted molar refractivity (Wildman–Crippen MR) is 63.8 cm³/mol. The van der Waals surface area contributed by atoms with Crippen molar-refractivity contribution in [3.05, 3.63) is 24.3 Å². The summed E-state index contributed by atoms with van der Waals surface area (Å²) in [6, 6.07) is 2.76. The molecule has 1 aliphatic rings. The fraction of sp³-hybridized carbons (Fsp3) is 0.583. The van der Waals surface area contributed by atoms with Gasteiger partial charge in [0, 0.05) is 26.2 Å². The van der Waals surface area contributed by atoms with Crippen molar-refractivity contribution in [2.75, 3.05) is 37.6 Å². The van der Waals surface area contributed by atoms with E-state index in [1.807, 2.05) is 4.90 Å². The molecule has 20 heavy (non-hydrogen) atoms. The Morgan fingerprint density at radius 3 is 2.30 bits per heavy atom. The molecule has 0 spiro atoms. The first-order chi connectivity index (χ1) is 9.38. The molecule has 0 aliphatic carbocycles. The number of hydrogen-bond donors (Lipinski definition) is 0. The number of rotatable bonds is 4. The van der Waals surface area contributed by atoms with Crippen LogP contribution in [0.4, 0.5) is 27.6 Å². The lowest BCUT2D eigenvalue weighted by Crippen LogP contribution is -2.51. The van der Waals surface area contributed by atoms with Crippen LogP contribution >= 0.6 is 0 Å². The number of aromatic nitrogens is 1. The van der Waals surface area contributed by atoms with Crippen LogP contribution in [-0.2, 0) is 0 Å². The maximum absolute atomic E-state index is 12.9. The van der Waals surface area contributed by atoms with E-state index in [0.29, 0.717) is 18.8 Å². The van der Waals surface area contributed by atoms with Crippen LogP contribution in [0.1, 0.15) is 0 Å². The first kappa shape index (κ1) is 15.0. The lowest BCUT2D eigenvalue weighted by molar-refractivity contribution is -0.142. The van der Waals surface area contributed by atoms with E-state index >= 15 is 0 Å². The van der Waals surface area contributed by atoms with Crippen molar-refractivity contribution in [3.63, 3.8) is 0 Å². The Bertz CT molecular complexity index is 429. The van der Waals surface area contributed by atoms with Crippen LogP contribution in [0.5, 0.6) is 0 Å². The van der Waals surface area contributed by atoms with Gasteiger partial charge in [-0.1, -0.05) is 0 Å². The molecule has 0 atom stereocenters. The zero-order chi connectivity index (χ0) is 14.8. The van der Waals surface area contributed by atoms with Gasteiger partial charge in [0.15, 0.2) is 0 Å². The molecule has 0 saturated carbocycles. The first-order valence-corrected chi connectivity index (χ1v) is 6.13. The Hall–Kier alpha value is -1.44. The molecule has 1 fully saturated rings. The minimum atomic E-state index is -3.99. The predicted octanol–water partition coefficient (Wildman–Crippen LogP) is 2.24. The fourth-order valence-electron chi connectivity index (χ4n) is 2.09. The summed E-state index contributed by atoms with van der Waals surface area (Å²) in [7, 11) is 0. The van der Waals surface area contributed by atoms with Gasteiger partial charge in [-0.2, -0.15) is 13.2 Å². The van der Waals surface area contributed by atoms with Crippen molar-refractivity contribution in [2.45, 2.75) is 12.3 Å². The Kier molecular flexibility index (Phi) is 4.42. The largest absolute Gasteiger partial charge is 0.368 e. The third-order valence-electron chi connectivity index (χ3n) is 3.20. The Morgan fingerprint density at radius 1 is 1.15 bits per heavy atom. The van der Waals surface area contributed by atoms with Gasteiger partial charge in [-0.15, -0.1) is 0 Å². The topological polar surface area (TPSA) is 19.4 Å². The first-order valence-electron chi connectivity index (χ1n) is 6.13. The number of nitrogens with zero attached hydrogens (tertiary/aromatic N) is 3. The molecule has 1 aromatic rings. The standard InChI is InChI=1S/C12H14F5N3/c13-10-2-1-9(7-18-10)20-5-3-19(4-6-20)8-12(16,17)11(14)15/h1-2,7,11H,3-6,8H2. The van der Waals surface area contributed by atoms with Gasteiger partial charge in [-0.05, 0) is 12.1 Å². The molecule has 1 aliphatic heterocycles. The Labute approximate surface area is 113 Å². The smallest absolute Gasteiger partial charge is 0.319 e. The van der Waals surface area contributed by atoms with Crippen LogP contribution in [0.15, 0.2) is 18.3 Å². The summed E-state index contributed by atoms with van der Waals surface area (Å²) >= 11 is 0. The second-order valence-corrected chi connectivity index (χ2v) is 4.66. The van der Waals surface area contributed by atoms with Crippen molar-refractivity contribution in [3.8, 4) is 0 Å². The highest BCUT2D eigenvalue weighted by molar-refractivity contribution is 5.44. The summed E-state index contributed by atoms with van der Waals surface area (Å²) in [5.41, 5.74) is 0.687. The molecule has 0 unspecified atom stereocenters. The summed E-state index contributed by atoms with van der Waals surface area (Å²) in [4.78, 5) is 6.67. The van der Waals surface area contributed by atoms with Crippen LogP contribution in [0.3, 0.4) is 0 Å². The molecule has 3 nitrogen and oxygen atoms in total. The number of anilines is 1. The third-order valence-corrected chi connectivity index (χ3v) is 3.20. The second-order valence-electron chi connectivity index (χ2n) is 4.66. The molecule has 2 heterocycles. The van der Waals surface area contributed by atoms with Gasteiger partial charge in [0.25, 0.3) is 0 Å². The molecule has 1 aromatic heterocycles. The van der Waals surface area contributed by atoms with Crippen LogP contribution in [0.2, 0.25) is 0 Å². The summed E-state index contributed by atoms with van der Waals surface area (Å²) < 4.78 is 62.8. The van der Waals surface area contributed by atoms with E-state index in [4.69, 9.17) is 0 Å². The molecular formula is C12H14F5N3. The average molecular weight is 295 g/mol. The van der Waals surface area contributed by atoms with Crippen LogP contribution in [0, 0.1) is 5.95 Å². The van der Waals surface area contributed by atoms with E-state index in [1.54, 1.807) is 6.07 Å². The zero-order valence-corrected chi connectivity index (χ0v) is 10.6. The molecular weight excluding hydrogens is 281 g/mol. The molecule has 0 N–H and O–H groups in total. The summed E-state index contributed by atoms with van der Waals surface area (Å²) in [5.74, 6) is -4.58. The van der Waals surface area contributed by atoms with Crippen molar-refractivity contribution in [1.82, 2.24) is 9.88 Å². The number of alkyl halides is 4. The zero-order valence-electron chi connectivity index (χ0n) is 10.6. The van der Waals surface area contributed by atoms with Crippen LogP contribution in [0.25, 0.3) is 0 Å². The molecule has 0 bridgehead atoms. The second kappa shape index (κ2) is 5.90. The number of pyridine rings is 1. The third kappa shape index (κ3) is 3.56. The van der Waals surface area contributed by atoms with E-state index < -0.39 is 24.8 Å². The summed E-state index contributed by atoms with van der Waals surface area (Å²) in [6.45, 7) is 0.374. The van der Waals surface area contributed by atoms with E-state index in [1.165, 1.54) is 17.2 Å². The summed E-state index contributed by atoms with van der Waals surface area (Å²) in [5, 5.41) is 0. The van der Waals surface area contributed by atoms with Gasteiger partial charge in [-0.25, -0.2) is 13.8 Å². The van der Waals surface area contributed by atoms with Crippen molar-refractivity contribution < 1.29 is 22.0 Å². The molecule has 2 rings (SSSR count). The molecule has 8 heteroatoms. The molecule has 0 radical (unpaired) electrons. The van der Waals surface area contributed by atoms with Gasteiger partial charge in [0.05, 0.1) is 18.4 Å². The normalized spacial score (nSPS) is 17.8. The van der Waals surface area contributed by atoms with Crippen LogP contribution < -0.4 is 4.90 Å². The maximum atomic E-state index is 12.9. The maximum Gasteiger partial charge on any atom is 0.319 e. The molecule has 0 amide bonds. The average Bonchev–Trinajstić information content (AvgIpc) is 2.40. The highest BCUT2D eigenvalue weighted by Crippen LogP contribution is 2.25. The van der Waals surface area contributed by atoms with E-state index in [0.717, 1.165) is 0 Å². The van der Waals surface area contributed by atoms with Crippen molar-refractivity contribution in [2.24, 2.45) is 0 Å². The minimum absolute atomic E-state index is 0.250. The van der Waals surface area contributed by atoms with Gasteiger partial charge >= 0.3 is 12.3 Å². The lowest BCUT2D eigenvalue weighted by Gasteiger charge is -2.37. The quantitative estimate of drug-likeness (QED) is 0.627. The van der Waals surface area contributed by atoms with E-state index in [2.05, 4.69) is 4.98 Å². The highest BCUT2D eigenvalue weighted by atomic mass is 19.3. The van der Waals surface area contributed by atoms with Gasteiger partial charge in [0.1, 0.15) is 0 Å². The summed E-state index contributed by atoms with van der Waals surface area (Å²) in [6.07, 6.45) is -2.29. The molecule has 0 aromatic carbocycles. The molecule has 1 saturated heterocycles.